The normalized spacial score (nSPS) is 11.0. The van der Waals surface area contributed by atoms with Crippen molar-refractivity contribution in [1.29, 1.82) is 0 Å². The molecule has 0 aliphatic carbocycles. The molecule has 130 valence electrons. The summed E-state index contributed by atoms with van der Waals surface area (Å²) in [5, 5.41) is 8.36. The van der Waals surface area contributed by atoms with Crippen molar-refractivity contribution in [1.82, 2.24) is 20.1 Å². The number of halogens is 1. The summed E-state index contributed by atoms with van der Waals surface area (Å²) in [5.41, 5.74) is 2.75. The first-order chi connectivity index (χ1) is 12.7. The SMILES string of the molecule is O=C(NCc1ccc(Cn2cncn2)cc1)c1cc2cc(Cl)ccc2o1. The van der Waals surface area contributed by atoms with E-state index in [1.165, 1.54) is 6.33 Å². The molecule has 0 bridgehead atoms. The predicted molar refractivity (Wildman–Crippen MR) is 98.0 cm³/mol. The van der Waals surface area contributed by atoms with E-state index in [0.29, 0.717) is 23.7 Å². The number of rotatable bonds is 5. The van der Waals surface area contributed by atoms with Gasteiger partial charge < -0.3 is 9.73 Å². The maximum absolute atomic E-state index is 12.3. The van der Waals surface area contributed by atoms with Gasteiger partial charge in [0.2, 0.25) is 0 Å². The second-order valence-electron chi connectivity index (χ2n) is 5.89. The molecule has 7 heteroatoms. The number of nitrogens with zero attached hydrogens (tertiary/aromatic N) is 3. The van der Waals surface area contributed by atoms with Crippen LogP contribution in [0.5, 0.6) is 0 Å². The van der Waals surface area contributed by atoms with Crippen molar-refractivity contribution in [2.24, 2.45) is 0 Å². The number of furan rings is 1. The number of amides is 1. The Hall–Kier alpha value is -3.12. The summed E-state index contributed by atoms with van der Waals surface area (Å²) >= 11 is 5.95. The molecule has 0 radical (unpaired) electrons. The summed E-state index contributed by atoms with van der Waals surface area (Å²) in [6.07, 6.45) is 3.19. The van der Waals surface area contributed by atoms with Crippen molar-refractivity contribution >= 4 is 28.5 Å². The average Bonchev–Trinajstić information content (AvgIpc) is 3.30. The highest BCUT2D eigenvalue weighted by Gasteiger charge is 2.12. The molecular formula is C19H15ClN4O2. The van der Waals surface area contributed by atoms with Crippen LogP contribution in [-0.2, 0) is 13.1 Å². The summed E-state index contributed by atoms with van der Waals surface area (Å²) in [6, 6.07) is 14.9. The van der Waals surface area contributed by atoms with Crippen LogP contribution in [0.2, 0.25) is 5.02 Å². The van der Waals surface area contributed by atoms with Crippen LogP contribution in [-0.4, -0.2) is 20.7 Å². The van der Waals surface area contributed by atoms with E-state index >= 15 is 0 Å². The topological polar surface area (TPSA) is 73.0 Å². The number of fused-ring (bicyclic) bond motifs is 1. The number of hydrogen-bond donors (Lipinski definition) is 1. The van der Waals surface area contributed by atoms with E-state index < -0.39 is 0 Å². The summed E-state index contributed by atoms with van der Waals surface area (Å²) in [6.45, 7) is 1.08. The van der Waals surface area contributed by atoms with Crippen LogP contribution < -0.4 is 5.32 Å². The summed E-state index contributed by atoms with van der Waals surface area (Å²) in [7, 11) is 0. The number of carbonyl (C=O) groups is 1. The standard InChI is InChI=1S/C19H15ClN4O2/c20-16-5-6-17-15(7-16)8-18(26-17)19(25)22-9-13-1-3-14(4-2-13)10-24-12-21-11-23-24/h1-8,11-12H,9-10H2,(H,22,25). The van der Waals surface area contributed by atoms with Gasteiger partial charge in [-0.1, -0.05) is 35.9 Å². The second kappa shape index (κ2) is 7.01. The number of aromatic nitrogens is 3. The van der Waals surface area contributed by atoms with Gasteiger partial charge in [0.25, 0.3) is 5.91 Å². The Morgan fingerprint density at radius 1 is 1.12 bits per heavy atom. The van der Waals surface area contributed by atoms with Crippen molar-refractivity contribution < 1.29 is 9.21 Å². The minimum atomic E-state index is -0.260. The zero-order chi connectivity index (χ0) is 17.9. The molecule has 1 amide bonds. The molecule has 6 nitrogen and oxygen atoms in total. The van der Waals surface area contributed by atoms with Gasteiger partial charge in [-0.15, -0.1) is 0 Å². The third-order valence-corrected chi connectivity index (χ3v) is 4.22. The van der Waals surface area contributed by atoms with E-state index in [0.717, 1.165) is 16.5 Å². The highest BCUT2D eigenvalue weighted by Crippen LogP contribution is 2.23. The summed E-state index contributed by atoms with van der Waals surface area (Å²) < 4.78 is 7.32. The second-order valence-corrected chi connectivity index (χ2v) is 6.32. The molecule has 2 aromatic heterocycles. The molecule has 0 atom stereocenters. The quantitative estimate of drug-likeness (QED) is 0.585. The zero-order valence-electron chi connectivity index (χ0n) is 13.7. The molecular weight excluding hydrogens is 352 g/mol. The minimum absolute atomic E-state index is 0.260. The predicted octanol–water partition coefficient (Wildman–Crippen LogP) is 3.66. The third kappa shape index (κ3) is 3.60. The van der Waals surface area contributed by atoms with Crippen LogP contribution in [0.3, 0.4) is 0 Å². The summed E-state index contributed by atoms with van der Waals surface area (Å²) in [4.78, 5) is 16.2. The highest BCUT2D eigenvalue weighted by molar-refractivity contribution is 6.31. The molecule has 0 saturated heterocycles. The molecule has 0 aliphatic heterocycles. The summed E-state index contributed by atoms with van der Waals surface area (Å²) in [5.74, 6) is 0.00841. The zero-order valence-corrected chi connectivity index (χ0v) is 14.5. The van der Waals surface area contributed by atoms with Gasteiger partial charge in [0.15, 0.2) is 5.76 Å². The van der Waals surface area contributed by atoms with Gasteiger partial charge in [0, 0.05) is 17.0 Å². The van der Waals surface area contributed by atoms with Crippen LogP contribution in [0.15, 0.2) is 65.6 Å². The Labute approximate surface area is 154 Å². The molecule has 4 rings (SSSR count). The smallest absolute Gasteiger partial charge is 0.287 e. The molecule has 26 heavy (non-hydrogen) atoms. The first kappa shape index (κ1) is 16.4. The Balaban J connectivity index is 1.38. The van der Waals surface area contributed by atoms with Crippen LogP contribution >= 0.6 is 11.6 Å². The number of benzene rings is 2. The fraction of sp³-hybridized carbons (Fsp3) is 0.105. The molecule has 0 unspecified atom stereocenters. The molecule has 0 fully saturated rings. The fourth-order valence-electron chi connectivity index (χ4n) is 2.66. The van der Waals surface area contributed by atoms with Crippen molar-refractivity contribution in [2.75, 3.05) is 0 Å². The average molecular weight is 367 g/mol. The Kier molecular flexibility index (Phi) is 4.41. The monoisotopic (exact) mass is 366 g/mol. The van der Waals surface area contributed by atoms with Gasteiger partial charge in [-0.2, -0.15) is 5.10 Å². The Bertz CT molecular complexity index is 1040. The molecule has 1 N–H and O–H groups in total. The third-order valence-electron chi connectivity index (χ3n) is 3.99. The first-order valence-electron chi connectivity index (χ1n) is 8.05. The lowest BCUT2D eigenvalue weighted by atomic mass is 10.1. The lowest BCUT2D eigenvalue weighted by Crippen LogP contribution is -2.22. The van der Waals surface area contributed by atoms with Crippen molar-refractivity contribution in [3.05, 3.63) is 83.1 Å². The maximum atomic E-state index is 12.3. The van der Waals surface area contributed by atoms with Crippen molar-refractivity contribution in [3.8, 4) is 0 Å². The van der Waals surface area contributed by atoms with Gasteiger partial charge in [0.1, 0.15) is 18.2 Å². The van der Waals surface area contributed by atoms with E-state index in [1.807, 2.05) is 24.3 Å². The molecule has 2 aromatic carbocycles. The van der Waals surface area contributed by atoms with Crippen LogP contribution in [0.25, 0.3) is 11.0 Å². The number of nitrogens with one attached hydrogen (secondary N) is 1. The van der Waals surface area contributed by atoms with Gasteiger partial charge in [-0.05, 0) is 35.4 Å². The highest BCUT2D eigenvalue weighted by atomic mass is 35.5. The Morgan fingerprint density at radius 2 is 1.92 bits per heavy atom. The van der Waals surface area contributed by atoms with Crippen LogP contribution in [0.4, 0.5) is 0 Å². The molecule has 0 spiro atoms. The molecule has 2 heterocycles. The fourth-order valence-corrected chi connectivity index (χ4v) is 2.84. The van der Waals surface area contributed by atoms with E-state index in [1.54, 1.807) is 35.3 Å². The van der Waals surface area contributed by atoms with E-state index in [-0.39, 0.29) is 11.7 Å². The van der Waals surface area contributed by atoms with Crippen LogP contribution in [0, 0.1) is 0 Å². The lowest BCUT2D eigenvalue weighted by Gasteiger charge is -2.05. The largest absolute Gasteiger partial charge is 0.451 e. The molecule has 4 aromatic rings. The van der Waals surface area contributed by atoms with E-state index in [4.69, 9.17) is 16.0 Å². The van der Waals surface area contributed by atoms with Gasteiger partial charge in [0.05, 0.1) is 6.54 Å². The lowest BCUT2D eigenvalue weighted by molar-refractivity contribution is 0.0925. The Morgan fingerprint density at radius 3 is 2.69 bits per heavy atom. The van der Waals surface area contributed by atoms with Gasteiger partial charge >= 0.3 is 0 Å². The minimum Gasteiger partial charge on any atom is -0.451 e. The first-order valence-corrected chi connectivity index (χ1v) is 8.43. The van der Waals surface area contributed by atoms with Crippen LogP contribution in [0.1, 0.15) is 21.7 Å². The number of hydrogen-bond acceptors (Lipinski definition) is 4. The van der Waals surface area contributed by atoms with Gasteiger partial charge in [-0.25, -0.2) is 9.67 Å². The van der Waals surface area contributed by atoms with E-state index in [9.17, 15) is 4.79 Å². The van der Waals surface area contributed by atoms with Gasteiger partial charge in [-0.3, -0.25) is 4.79 Å². The molecule has 0 aliphatic rings. The maximum Gasteiger partial charge on any atom is 0.287 e. The molecule has 0 saturated carbocycles. The van der Waals surface area contributed by atoms with Crippen molar-refractivity contribution in [2.45, 2.75) is 13.1 Å². The van der Waals surface area contributed by atoms with E-state index in [2.05, 4.69) is 15.4 Å². The number of carbonyl (C=O) groups excluding carboxylic acids is 1. The van der Waals surface area contributed by atoms with Crippen molar-refractivity contribution in [3.63, 3.8) is 0 Å².